The molecule has 1 aliphatic rings. The summed E-state index contributed by atoms with van der Waals surface area (Å²) in [5, 5.41) is 0. The fraction of sp³-hybridized carbons (Fsp3) is 0.182. The van der Waals surface area contributed by atoms with Crippen molar-refractivity contribution in [2.45, 2.75) is 25.8 Å². The molecule has 3 aromatic rings. The van der Waals surface area contributed by atoms with Gasteiger partial charge >= 0.3 is 5.97 Å². The van der Waals surface area contributed by atoms with Crippen molar-refractivity contribution < 1.29 is 9.53 Å². The van der Waals surface area contributed by atoms with Crippen molar-refractivity contribution in [3.63, 3.8) is 0 Å². The van der Waals surface area contributed by atoms with Gasteiger partial charge in [-0.05, 0) is 17.2 Å². The van der Waals surface area contributed by atoms with Crippen molar-refractivity contribution in [2.75, 3.05) is 0 Å². The molecule has 0 atom stereocenters. The number of esters is 1. The predicted octanol–water partition coefficient (Wildman–Crippen LogP) is 3.00. The first-order valence-corrected chi connectivity index (χ1v) is 8.91. The summed E-state index contributed by atoms with van der Waals surface area (Å²) in [5.41, 5.74) is 11.8. The minimum atomic E-state index is -0.205. The zero-order chi connectivity index (χ0) is 18.8. The van der Waals surface area contributed by atoms with Crippen LogP contribution in [0.15, 0.2) is 67.1 Å². The molecule has 0 radical (unpaired) electrons. The molecule has 0 saturated heterocycles. The third-order valence-corrected chi connectivity index (χ3v) is 4.76. The third-order valence-electron chi connectivity index (χ3n) is 4.76. The molecule has 5 heteroatoms. The molecule has 136 valence electrons. The number of carbonyl (C=O) groups excluding carboxylic acids is 1. The Morgan fingerprint density at radius 2 is 2.00 bits per heavy atom. The molecule has 2 heterocycles. The normalized spacial score (nSPS) is 12.7. The van der Waals surface area contributed by atoms with E-state index in [4.69, 9.17) is 10.5 Å². The Labute approximate surface area is 158 Å². The van der Waals surface area contributed by atoms with Crippen molar-refractivity contribution in [3.8, 4) is 5.75 Å². The molecule has 0 amide bonds. The predicted molar refractivity (Wildman–Crippen MR) is 103 cm³/mol. The molecule has 4 rings (SSSR count). The first-order chi connectivity index (χ1) is 13.1. The number of imidazole rings is 1. The van der Waals surface area contributed by atoms with Crippen molar-refractivity contribution >= 4 is 5.97 Å². The number of hydrogen-bond acceptors (Lipinski definition) is 4. The molecule has 1 aliphatic heterocycles. The largest absolute Gasteiger partial charge is 0.426 e. The van der Waals surface area contributed by atoms with Gasteiger partial charge in [-0.3, -0.25) is 4.79 Å². The first-order valence-electron chi connectivity index (χ1n) is 8.91. The van der Waals surface area contributed by atoms with Gasteiger partial charge < -0.3 is 15.0 Å². The van der Waals surface area contributed by atoms with E-state index in [1.807, 2.05) is 42.7 Å². The molecular formula is C22H21N3O2. The van der Waals surface area contributed by atoms with Gasteiger partial charge in [0.15, 0.2) is 0 Å². The number of nitrogens with two attached hydrogens (primary N) is 1. The summed E-state index contributed by atoms with van der Waals surface area (Å²) in [6.45, 7) is 4.48. The molecule has 2 aromatic carbocycles. The molecule has 5 nitrogen and oxygen atoms in total. The lowest BCUT2D eigenvalue weighted by Gasteiger charge is -2.12. The van der Waals surface area contributed by atoms with Crippen LogP contribution in [0.5, 0.6) is 5.75 Å². The maximum atomic E-state index is 11.7. The van der Waals surface area contributed by atoms with E-state index in [0.29, 0.717) is 30.8 Å². The van der Waals surface area contributed by atoms with Crippen LogP contribution in [-0.4, -0.2) is 15.5 Å². The Hall–Kier alpha value is -3.34. The molecule has 0 fully saturated rings. The zero-order valence-corrected chi connectivity index (χ0v) is 15.0. The van der Waals surface area contributed by atoms with Gasteiger partial charge in [-0.1, -0.05) is 49.0 Å². The lowest BCUT2D eigenvalue weighted by atomic mass is 10.0. The monoisotopic (exact) mass is 359 g/mol. The lowest BCUT2D eigenvalue weighted by Crippen LogP contribution is -2.10. The molecule has 0 spiro atoms. The van der Waals surface area contributed by atoms with Crippen molar-refractivity contribution in [2.24, 2.45) is 5.73 Å². The number of fused-ring (bicyclic) bond motifs is 1. The molecule has 0 aliphatic carbocycles. The Balaban J connectivity index is 1.66. The average Bonchev–Trinajstić information content (AvgIpc) is 3.20. The van der Waals surface area contributed by atoms with Gasteiger partial charge in [-0.2, -0.15) is 0 Å². The number of benzene rings is 2. The summed E-state index contributed by atoms with van der Waals surface area (Å²) in [7, 11) is 0. The van der Waals surface area contributed by atoms with E-state index in [0.717, 1.165) is 28.9 Å². The summed E-state index contributed by atoms with van der Waals surface area (Å²) >= 11 is 0. The molecule has 1 aromatic heterocycles. The highest BCUT2D eigenvalue weighted by molar-refractivity contribution is 5.81. The fourth-order valence-electron chi connectivity index (χ4n) is 3.48. The van der Waals surface area contributed by atoms with E-state index in [9.17, 15) is 4.79 Å². The average molecular weight is 359 g/mol. The smallest absolute Gasteiger partial charge is 0.315 e. The number of allylic oxidation sites excluding steroid dienone is 1. The summed E-state index contributed by atoms with van der Waals surface area (Å²) in [6, 6.07) is 16.0. The molecule has 27 heavy (non-hydrogen) atoms. The van der Waals surface area contributed by atoms with Gasteiger partial charge in [0.05, 0.1) is 18.4 Å². The van der Waals surface area contributed by atoms with Gasteiger partial charge in [-0.15, -0.1) is 0 Å². The van der Waals surface area contributed by atoms with Crippen LogP contribution in [-0.2, 0) is 30.6 Å². The quantitative estimate of drug-likeness (QED) is 0.543. The third kappa shape index (κ3) is 3.62. The van der Waals surface area contributed by atoms with Crippen LogP contribution in [0.25, 0.3) is 0 Å². The highest BCUT2D eigenvalue weighted by atomic mass is 16.5. The maximum Gasteiger partial charge on any atom is 0.315 e. The summed E-state index contributed by atoms with van der Waals surface area (Å²) < 4.78 is 7.36. The standard InChI is InChI=1S/C22H21N3O2/c1-15(23)10-20-19(11-16-6-3-2-4-7-16)24-14-25(20)13-17-8-5-9-21-18(17)12-22(26)27-21/h2-9,14H,1,10-13,23H2. The Morgan fingerprint density at radius 1 is 1.19 bits per heavy atom. The zero-order valence-electron chi connectivity index (χ0n) is 15.0. The number of rotatable bonds is 6. The van der Waals surface area contributed by atoms with Gasteiger partial charge in [0, 0.05) is 36.3 Å². The highest BCUT2D eigenvalue weighted by Gasteiger charge is 2.23. The van der Waals surface area contributed by atoms with E-state index in [-0.39, 0.29) is 5.97 Å². The van der Waals surface area contributed by atoms with Gasteiger partial charge in [0.1, 0.15) is 5.75 Å². The highest BCUT2D eigenvalue weighted by Crippen LogP contribution is 2.30. The van der Waals surface area contributed by atoms with Gasteiger partial charge in [-0.25, -0.2) is 4.98 Å². The van der Waals surface area contributed by atoms with Crippen LogP contribution in [0, 0.1) is 0 Å². The fourth-order valence-corrected chi connectivity index (χ4v) is 3.48. The molecule has 0 unspecified atom stereocenters. The Bertz CT molecular complexity index is 1010. The molecule has 2 N–H and O–H groups in total. The van der Waals surface area contributed by atoms with E-state index < -0.39 is 0 Å². The number of nitrogens with zero attached hydrogens (tertiary/aromatic N) is 2. The molecule has 0 saturated carbocycles. The molecular weight excluding hydrogens is 338 g/mol. The van der Waals surface area contributed by atoms with Crippen LogP contribution in [0.1, 0.15) is 28.1 Å². The van der Waals surface area contributed by atoms with Gasteiger partial charge in [0.25, 0.3) is 0 Å². The number of aromatic nitrogens is 2. The number of ether oxygens (including phenoxy) is 1. The Morgan fingerprint density at radius 3 is 2.78 bits per heavy atom. The topological polar surface area (TPSA) is 70.1 Å². The maximum absolute atomic E-state index is 11.7. The summed E-state index contributed by atoms with van der Waals surface area (Å²) in [4.78, 5) is 16.3. The lowest BCUT2D eigenvalue weighted by molar-refractivity contribution is -0.131. The van der Waals surface area contributed by atoms with Crippen LogP contribution >= 0.6 is 0 Å². The minimum Gasteiger partial charge on any atom is -0.426 e. The van der Waals surface area contributed by atoms with Crippen molar-refractivity contribution in [3.05, 3.63) is 95.2 Å². The van der Waals surface area contributed by atoms with Crippen molar-refractivity contribution in [1.82, 2.24) is 9.55 Å². The Kier molecular flexibility index (Phi) is 4.50. The SMILES string of the molecule is C=C(N)Cc1c(Cc2ccccc2)ncn1Cc1cccc2c1CC(=O)O2. The van der Waals surface area contributed by atoms with Gasteiger partial charge in [0.2, 0.25) is 0 Å². The second-order valence-electron chi connectivity index (χ2n) is 6.81. The first kappa shape index (κ1) is 17.1. The van der Waals surface area contributed by atoms with Crippen LogP contribution in [0.4, 0.5) is 0 Å². The minimum absolute atomic E-state index is 0.205. The van der Waals surface area contributed by atoms with Crippen LogP contribution in [0.3, 0.4) is 0 Å². The van der Waals surface area contributed by atoms with E-state index in [2.05, 4.69) is 28.3 Å². The second kappa shape index (κ2) is 7.11. The van der Waals surface area contributed by atoms with Crippen molar-refractivity contribution in [1.29, 1.82) is 0 Å². The van der Waals surface area contributed by atoms with E-state index >= 15 is 0 Å². The second-order valence-corrected chi connectivity index (χ2v) is 6.81. The number of carbonyl (C=O) groups is 1. The van der Waals surface area contributed by atoms with E-state index in [1.54, 1.807) is 0 Å². The van der Waals surface area contributed by atoms with E-state index in [1.165, 1.54) is 5.56 Å². The number of hydrogen-bond donors (Lipinski definition) is 1. The molecule has 0 bridgehead atoms. The summed E-state index contributed by atoms with van der Waals surface area (Å²) in [5.74, 6) is 0.454. The van der Waals surface area contributed by atoms with Crippen LogP contribution in [0.2, 0.25) is 0 Å². The summed E-state index contributed by atoms with van der Waals surface area (Å²) in [6.07, 6.45) is 3.46. The van der Waals surface area contributed by atoms with Crippen LogP contribution < -0.4 is 10.5 Å².